The first-order valence-corrected chi connectivity index (χ1v) is 12.9. The molecule has 0 radical (unpaired) electrons. The van der Waals surface area contributed by atoms with E-state index in [0.717, 1.165) is 0 Å². The van der Waals surface area contributed by atoms with Gasteiger partial charge in [0, 0.05) is 17.9 Å². The van der Waals surface area contributed by atoms with Gasteiger partial charge in [0.25, 0.3) is 15.9 Å². The Bertz CT molecular complexity index is 1500. The van der Waals surface area contributed by atoms with E-state index < -0.39 is 21.9 Å². The van der Waals surface area contributed by atoms with Crippen molar-refractivity contribution in [3.8, 4) is 0 Å². The smallest absolute Gasteiger partial charge is 0.337 e. The van der Waals surface area contributed by atoms with Gasteiger partial charge in [-0.05, 0) is 41.9 Å². The second-order valence-electron chi connectivity index (χ2n) is 7.80. The molecule has 13 nitrogen and oxygen atoms in total. The molecule has 1 aromatic heterocycles. The van der Waals surface area contributed by atoms with Gasteiger partial charge in [-0.2, -0.15) is 15.0 Å². The third-order valence-electron chi connectivity index (χ3n) is 5.23. The lowest BCUT2D eigenvalue weighted by Crippen LogP contribution is -2.31. The monoisotopic (exact) mass is 559 g/mol. The Morgan fingerprint density at radius 3 is 2.47 bits per heavy atom. The number of halogens is 1. The van der Waals surface area contributed by atoms with Crippen molar-refractivity contribution in [2.45, 2.75) is 4.90 Å². The van der Waals surface area contributed by atoms with Gasteiger partial charge in [0.2, 0.25) is 17.2 Å². The predicted molar refractivity (Wildman–Crippen MR) is 138 cm³/mol. The molecule has 0 aliphatic carbocycles. The van der Waals surface area contributed by atoms with Crippen LogP contribution in [0.1, 0.15) is 0 Å². The number of hydrogen-bond acceptors (Lipinski definition) is 11. The summed E-state index contributed by atoms with van der Waals surface area (Å²) in [5.74, 6) is -1.55. The summed E-state index contributed by atoms with van der Waals surface area (Å²) < 4.78 is 33.2. The van der Waals surface area contributed by atoms with Crippen LogP contribution in [0.4, 0.5) is 23.3 Å². The van der Waals surface area contributed by atoms with E-state index in [1.807, 2.05) is 6.07 Å². The number of para-hydroxylation sites is 1. The van der Waals surface area contributed by atoms with E-state index in [9.17, 15) is 23.1 Å². The number of nitrogens with one attached hydrogen (secondary N) is 3. The molecule has 4 rings (SSSR count). The highest BCUT2D eigenvalue weighted by Gasteiger charge is 2.34. The van der Waals surface area contributed by atoms with Crippen LogP contribution in [0.25, 0.3) is 0 Å². The molecule has 0 fully saturated rings. The normalized spacial score (nSPS) is 13.4. The van der Waals surface area contributed by atoms with Crippen LogP contribution < -0.4 is 15.4 Å². The molecule has 1 aliphatic heterocycles. The van der Waals surface area contributed by atoms with E-state index in [1.54, 1.807) is 24.3 Å². The van der Waals surface area contributed by atoms with Crippen molar-refractivity contribution in [2.24, 2.45) is 0 Å². The number of anilines is 4. The number of esters is 1. The molecule has 3 aromatic rings. The molecule has 38 heavy (non-hydrogen) atoms. The number of aliphatic hydroxyl groups excluding tert-OH is 1. The van der Waals surface area contributed by atoms with Gasteiger partial charge in [0.05, 0.1) is 30.7 Å². The van der Waals surface area contributed by atoms with Gasteiger partial charge >= 0.3 is 5.97 Å². The van der Waals surface area contributed by atoms with E-state index >= 15 is 0 Å². The van der Waals surface area contributed by atoms with Crippen molar-refractivity contribution in [3.63, 3.8) is 0 Å². The molecule has 4 N–H and O–H groups in total. The number of sulfonamides is 1. The SMILES string of the molecule is COC(=O)C1=C(Nc2cccc(S(=O)(=O)Nc3nc(Cl)nc(Nc4ccccc4)n3)c2)C(=O)N(CCO)C1. The van der Waals surface area contributed by atoms with E-state index in [4.69, 9.17) is 16.3 Å². The number of β-amino-alcohol motifs (C(OH)–C–C–N with tert-alkyl or cyclic N) is 1. The zero-order valence-electron chi connectivity index (χ0n) is 19.9. The van der Waals surface area contributed by atoms with Crippen molar-refractivity contribution >= 4 is 56.8 Å². The summed E-state index contributed by atoms with van der Waals surface area (Å²) in [7, 11) is -3.03. The number of hydrogen-bond donors (Lipinski definition) is 4. The minimum Gasteiger partial charge on any atom is -0.466 e. The lowest BCUT2D eigenvalue weighted by molar-refractivity contribution is -0.136. The van der Waals surface area contributed by atoms with Crippen molar-refractivity contribution < 1.29 is 27.9 Å². The standard InChI is InChI=1S/C23H22ClN7O6S/c1-37-20(34)17-13-31(10-11-32)19(33)18(17)25-15-8-5-9-16(12-15)38(35,36)30-23-28-21(24)27-22(29-23)26-14-6-3-2-4-7-14/h2-9,12,25,32H,10-11,13H2,1H3,(H2,26,27,28,29,30). The lowest BCUT2D eigenvalue weighted by Gasteiger charge is -2.15. The zero-order valence-corrected chi connectivity index (χ0v) is 21.5. The molecular weight excluding hydrogens is 538 g/mol. The molecule has 0 saturated heterocycles. The molecule has 0 bridgehead atoms. The summed E-state index contributed by atoms with van der Waals surface area (Å²) >= 11 is 5.97. The van der Waals surface area contributed by atoms with E-state index in [1.165, 1.54) is 36.3 Å². The average molecular weight is 560 g/mol. The first kappa shape index (κ1) is 26.8. The van der Waals surface area contributed by atoms with Crippen LogP contribution in [0.5, 0.6) is 0 Å². The first-order valence-electron chi connectivity index (χ1n) is 11.1. The number of amides is 1. The molecule has 2 aromatic carbocycles. The second-order valence-corrected chi connectivity index (χ2v) is 9.82. The Labute approximate surface area is 222 Å². The average Bonchev–Trinajstić information content (AvgIpc) is 3.19. The van der Waals surface area contributed by atoms with Gasteiger partial charge in [-0.3, -0.25) is 4.79 Å². The minimum absolute atomic E-state index is 0.0124. The van der Waals surface area contributed by atoms with Gasteiger partial charge in [0.15, 0.2) is 0 Å². The number of methoxy groups -OCH3 is 1. The molecular formula is C23H22ClN7O6S. The Balaban J connectivity index is 1.57. The highest BCUT2D eigenvalue weighted by Crippen LogP contribution is 2.25. The quantitative estimate of drug-likeness (QED) is 0.266. The Kier molecular flexibility index (Phi) is 8.05. The summed E-state index contributed by atoms with van der Waals surface area (Å²) in [6.07, 6.45) is 0. The fourth-order valence-corrected chi connectivity index (χ4v) is 4.67. The van der Waals surface area contributed by atoms with Crippen LogP contribution in [0.2, 0.25) is 5.28 Å². The third-order valence-corrected chi connectivity index (χ3v) is 6.73. The first-order chi connectivity index (χ1) is 18.2. The number of aliphatic hydroxyl groups is 1. The molecule has 1 amide bonds. The lowest BCUT2D eigenvalue weighted by atomic mass is 10.2. The van der Waals surface area contributed by atoms with Crippen LogP contribution in [0.3, 0.4) is 0 Å². The third kappa shape index (κ3) is 6.16. The Morgan fingerprint density at radius 1 is 1.05 bits per heavy atom. The molecule has 0 unspecified atom stereocenters. The molecule has 15 heteroatoms. The Hall–Kier alpha value is -4.27. The topological polar surface area (TPSA) is 176 Å². The maximum absolute atomic E-state index is 13.1. The predicted octanol–water partition coefficient (Wildman–Crippen LogP) is 1.74. The van der Waals surface area contributed by atoms with Crippen molar-refractivity contribution in [1.82, 2.24) is 19.9 Å². The molecule has 0 saturated carbocycles. The minimum atomic E-state index is -4.21. The molecule has 2 heterocycles. The zero-order chi connectivity index (χ0) is 27.3. The second kappa shape index (κ2) is 11.4. The number of nitrogens with zero attached hydrogens (tertiary/aromatic N) is 4. The number of benzene rings is 2. The van der Waals surface area contributed by atoms with Gasteiger partial charge in [-0.25, -0.2) is 17.9 Å². The fraction of sp³-hybridized carbons (Fsp3) is 0.174. The maximum Gasteiger partial charge on any atom is 0.337 e. The fourth-order valence-electron chi connectivity index (χ4n) is 3.52. The highest BCUT2D eigenvalue weighted by atomic mass is 35.5. The highest BCUT2D eigenvalue weighted by molar-refractivity contribution is 7.92. The van der Waals surface area contributed by atoms with Crippen LogP contribution >= 0.6 is 11.6 Å². The summed E-state index contributed by atoms with van der Waals surface area (Å²) in [5, 5.41) is 14.7. The van der Waals surface area contributed by atoms with Crippen molar-refractivity contribution in [3.05, 3.63) is 71.2 Å². The van der Waals surface area contributed by atoms with Crippen LogP contribution in [-0.2, 0) is 24.3 Å². The largest absolute Gasteiger partial charge is 0.466 e. The van der Waals surface area contributed by atoms with E-state index in [2.05, 4.69) is 30.3 Å². The molecule has 0 atom stereocenters. The maximum atomic E-state index is 13.1. The van der Waals surface area contributed by atoms with E-state index in [0.29, 0.717) is 5.69 Å². The molecule has 0 spiro atoms. The van der Waals surface area contributed by atoms with Gasteiger partial charge in [-0.1, -0.05) is 24.3 Å². The summed E-state index contributed by atoms with van der Waals surface area (Å²) in [6.45, 7) is -0.345. The number of carbonyl (C=O) groups is 2. The van der Waals surface area contributed by atoms with Gasteiger partial charge in [-0.15, -0.1) is 0 Å². The number of carbonyl (C=O) groups excluding carboxylic acids is 2. The van der Waals surface area contributed by atoms with Crippen LogP contribution in [0.15, 0.2) is 70.8 Å². The number of aromatic nitrogens is 3. The van der Waals surface area contributed by atoms with Crippen LogP contribution in [-0.4, -0.2) is 72.1 Å². The Morgan fingerprint density at radius 2 is 1.76 bits per heavy atom. The van der Waals surface area contributed by atoms with Crippen LogP contribution in [0, 0.1) is 0 Å². The molecule has 198 valence electrons. The molecule has 1 aliphatic rings. The van der Waals surface area contributed by atoms with Crippen molar-refractivity contribution in [2.75, 3.05) is 42.2 Å². The summed E-state index contributed by atoms with van der Waals surface area (Å²) in [5.41, 5.74) is 0.842. The van der Waals surface area contributed by atoms with Gasteiger partial charge in [0.1, 0.15) is 5.70 Å². The number of ether oxygens (including phenoxy) is 1. The summed E-state index contributed by atoms with van der Waals surface area (Å²) in [4.78, 5) is 37.9. The number of rotatable bonds is 10. The van der Waals surface area contributed by atoms with E-state index in [-0.39, 0.29) is 58.7 Å². The summed E-state index contributed by atoms with van der Waals surface area (Å²) in [6, 6.07) is 14.5. The van der Waals surface area contributed by atoms with Gasteiger partial charge < -0.3 is 25.4 Å². The van der Waals surface area contributed by atoms with Crippen molar-refractivity contribution in [1.29, 1.82) is 0 Å².